The summed E-state index contributed by atoms with van der Waals surface area (Å²) in [4.78, 5) is 22.6. The number of anilines is 1. The van der Waals surface area contributed by atoms with E-state index < -0.39 is 27.5 Å². The molecule has 0 bridgehead atoms. The summed E-state index contributed by atoms with van der Waals surface area (Å²) >= 11 is 0. The first kappa shape index (κ1) is 20.3. The SMILES string of the molecule is CNS(=O)(=O)c1cc(NC(=O)COc2ccc(C)cc2[N+](=O)[O-])ccc1C. The van der Waals surface area contributed by atoms with Crippen molar-refractivity contribution >= 4 is 27.3 Å². The number of amides is 1. The van der Waals surface area contributed by atoms with Crippen LogP contribution in [0.5, 0.6) is 5.75 Å². The van der Waals surface area contributed by atoms with Gasteiger partial charge in [-0.1, -0.05) is 12.1 Å². The highest BCUT2D eigenvalue weighted by molar-refractivity contribution is 7.89. The zero-order valence-corrected chi connectivity index (χ0v) is 15.8. The molecule has 2 rings (SSSR count). The van der Waals surface area contributed by atoms with E-state index in [1.54, 1.807) is 32.0 Å². The zero-order chi connectivity index (χ0) is 20.2. The summed E-state index contributed by atoms with van der Waals surface area (Å²) in [5.74, 6) is -0.607. The van der Waals surface area contributed by atoms with Crippen molar-refractivity contribution in [3.05, 3.63) is 57.6 Å². The van der Waals surface area contributed by atoms with Gasteiger partial charge in [0.2, 0.25) is 10.0 Å². The van der Waals surface area contributed by atoms with Gasteiger partial charge in [0.25, 0.3) is 5.91 Å². The average molecular weight is 393 g/mol. The molecular weight excluding hydrogens is 374 g/mol. The van der Waals surface area contributed by atoms with Gasteiger partial charge in [-0.05, 0) is 50.2 Å². The number of ether oxygens (including phenoxy) is 1. The lowest BCUT2D eigenvalue weighted by Gasteiger charge is -2.11. The number of nitro benzene ring substituents is 1. The molecule has 0 atom stereocenters. The molecule has 27 heavy (non-hydrogen) atoms. The Bertz CT molecular complexity index is 988. The van der Waals surface area contributed by atoms with Gasteiger partial charge in [0.05, 0.1) is 9.82 Å². The Morgan fingerprint density at radius 1 is 1.19 bits per heavy atom. The molecule has 9 nitrogen and oxygen atoms in total. The standard InChI is InChI=1S/C17H19N3O6S/c1-11-4-7-15(14(8-11)20(22)23)26-10-17(21)19-13-6-5-12(2)16(9-13)27(24,25)18-3/h4-9,18H,10H2,1-3H3,(H,19,21). The van der Waals surface area contributed by atoms with Crippen LogP contribution in [0.4, 0.5) is 11.4 Å². The fraction of sp³-hybridized carbons (Fsp3) is 0.235. The maximum absolute atomic E-state index is 12.1. The van der Waals surface area contributed by atoms with Gasteiger partial charge in [0.1, 0.15) is 0 Å². The smallest absolute Gasteiger partial charge is 0.311 e. The second kappa shape index (κ2) is 8.14. The second-order valence-corrected chi connectivity index (χ2v) is 7.61. The normalized spacial score (nSPS) is 11.1. The van der Waals surface area contributed by atoms with Crippen molar-refractivity contribution in [1.82, 2.24) is 4.72 Å². The van der Waals surface area contributed by atoms with Crippen LogP contribution in [0.2, 0.25) is 0 Å². The molecule has 0 heterocycles. The first-order valence-corrected chi connectivity index (χ1v) is 9.34. The topological polar surface area (TPSA) is 128 Å². The van der Waals surface area contributed by atoms with Crippen molar-refractivity contribution in [1.29, 1.82) is 0 Å². The molecule has 0 aliphatic heterocycles. The van der Waals surface area contributed by atoms with Crippen molar-refractivity contribution < 1.29 is 22.9 Å². The highest BCUT2D eigenvalue weighted by atomic mass is 32.2. The minimum Gasteiger partial charge on any atom is -0.477 e. The number of sulfonamides is 1. The molecule has 2 N–H and O–H groups in total. The molecule has 0 aliphatic carbocycles. The minimum absolute atomic E-state index is 0.0249. The third kappa shape index (κ3) is 5.02. The van der Waals surface area contributed by atoms with E-state index in [1.807, 2.05) is 0 Å². The van der Waals surface area contributed by atoms with Crippen LogP contribution in [0.1, 0.15) is 11.1 Å². The molecule has 0 unspecified atom stereocenters. The maximum atomic E-state index is 12.1. The number of carbonyl (C=O) groups is 1. The van der Waals surface area contributed by atoms with Crippen molar-refractivity contribution in [3.63, 3.8) is 0 Å². The first-order valence-electron chi connectivity index (χ1n) is 7.86. The molecule has 0 fully saturated rings. The van der Waals surface area contributed by atoms with Gasteiger partial charge in [-0.25, -0.2) is 13.1 Å². The molecule has 0 radical (unpaired) electrons. The third-order valence-electron chi connectivity index (χ3n) is 3.70. The van der Waals surface area contributed by atoms with Crippen LogP contribution in [0.3, 0.4) is 0 Å². The lowest BCUT2D eigenvalue weighted by molar-refractivity contribution is -0.385. The third-order valence-corrected chi connectivity index (χ3v) is 5.26. The Labute approximate surface area is 156 Å². The Balaban J connectivity index is 2.11. The van der Waals surface area contributed by atoms with E-state index in [9.17, 15) is 23.3 Å². The number of benzene rings is 2. The fourth-order valence-electron chi connectivity index (χ4n) is 2.31. The predicted octanol–water partition coefficient (Wildman–Crippen LogP) is 2.14. The fourth-order valence-corrected chi connectivity index (χ4v) is 3.30. The number of hydrogen-bond acceptors (Lipinski definition) is 6. The van der Waals surface area contributed by atoms with Crippen molar-refractivity contribution in [2.24, 2.45) is 0 Å². The van der Waals surface area contributed by atoms with Gasteiger partial charge in [0, 0.05) is 11.8 Å². The zero-order valence-electron chi connectivity index (χ0n) is 15.0. The minimum atomic E-state index is -3.67. The molecule has 0 aromatic heterocycles. The largest absolute Gasteiger partial charge is 0.477 e. The van der Waals surface area contributed by atoms with E-state index in [0.717, 1.165) is 0 Å². The average Bonchev–Trinajstić information content (AvgIpc) is 2.62. The van der Waals surface area contributed by atoms with E-state index >= 15 is 0 Å². The maximum Gasteiger partial charge on any atom is 0.311 e. The molecule has 1 amide bonds. The molecule has 2 aromatic rings. The molecule has 10 heteroatoms. The van der Waals surface area contributed by atoms with Crippen LogP contribution in [0, 0.1) is 24.0 Å². The number of hydrogen-bond donors (Lipinski definition) is 2. The van der Waals surface area contributed by atoms with Gasteiger partial charge < -0.3 is 10.1 Å². The molecule has 0 spiro atoms. The molecule has 0 saturated heterocycles. The molecule has 0 aliphatic rings. The van der Waals surface area contributed by atoms with Crippen LogP contribution in [0.25, 0.3) is 0 Å². The number of rotatable bonds is 7. The highest BCUT2D eigenvalue weighted by Gasteiger charge is 2.18. The number of nitro groups is 1. The summed E-state index contributed by atoms with van der Waals surface area (Å²) < 4.78 is 31.4. The van der Waals surface area contributed by atoms with Gasteiger partial charge >= 0.3 is 5.69 Å². The quantitative estimate of drug-likeness (QED) is 0.548. The Morgan fingerprint density at radius 3 is 2.52 bits per heavy atom. The van der Waals surface area contributed by atoms with Crippen LogP contribution in [-0.2, 0) is 14.8 Å². The number of aryl methyl sites for hydroxylation is 2. The van der Waals surface area contributed by atoms with Crippen molar-refractivity contribution in [2.75, 3.05) is 19.0 Å². The summed E-state index contributed by atoms with van der Waals surface area (Å²) in [6.45, 7) is 2.87. The lowest BCUT2D eigenvalue weighted by atomic mass is 10.2. The van der Waals surface area contributed by atoms with Crippen LogP contribution in [0.15, 0.2) is 41.3 Å². The van der Waals surface area contributed by atoms with Gasteiger partial charge in [-0.2, -0.15) is 0 Å². The molecular formula is C17H19N3O6S. The summed E-state index contributed by atoms with van der Waals surface area (Å²) in [7, 11) is -2.38. The summed E-state index contributed by atoms with van der Waals surface area (Å²) in [5.41, 5.74) is 1.24. The monoisotopic (exact) mass is 393 g/mol. The first-order chi connectivity index (χ1) is 12.6. The summed E-state index contributed by atoms with van der Waals surface area (Å²) in [6, 6.07) is 8.84. The molecule has 144 valence electrons. The molecule has 0 saturated carbocycles. The number of nitrogens with one attached hydrogen (secondary N) is 2. The second-order valence-electron chi connectivity index (χ2n) is 5.75. The lowest BCUT2D eigenvalue weighted by Crippen LogP contribution is -2.22. The van der Waals surface area contributed by atoms with Gasteiger partial charge in [-0.15, -0.1) is 0 Å². The highest BCUT2D eigenvalue weighted by Crippen LogP contribution is 2.27. The van der Waals surface area contributed by atoms with Crippen LogP contribution < -0.4 is 14.8 Å². The molecule has 2 aromatic carbocycles. The van der Waals surface area contributed by atoms with Gasteiger partial charge in [-0.3, -0.25) is 14.9 Å². The Kier molecular flexibility index (Phi) is 6.13. The van der Waals surface area contributed by atoms with E-state index in [-0.39, 0.29) is 22.0 Å². The number of carbonyl (C=O) groups excluding carboxylic acids is 1. The number of nitrogens with zero attached hydrogens (tertiary/aromatic N) is 1. The van der Waals surface area contributed by atoms with Crippen molar-refractivity contribution in [3.8, 4) is 5.75 Å². The van der Waals surface area contributed by atoms with Crippen LogP contribution in [-0.4, -0.2) is 32.9 Å². The summed E-state index contributed by atoms with van der Waals surface area (Å²) in [5, 5.41) is 13.6. The Morgan fingerprint density at radius 2 is 1.89 bits per heavy atom. The van der Waals surface area contributed by atoms with Gasteiger partial charge in [0.15, 0.2) is 12.4 Å². The predicted molar refractivity (Wildman–Crippen MR) is 99.4 cm³/mol. The van der Waals surface area contributed by atoms with E-state index in [2.05, 4.69) is 10.0 Å². The summed E-state index contributed by atoms with van der Waals surface area (Å²) in [6.07, 6.45) is 0. The van der Waals surface area contributed by atoms with E-state index in [0.29, 0.717) is 11.1 Å². The van der Waals surface area contributed by atoms with Crippen molar-refractivity contribution in [2.45, 2.75) is 18.7 Å². The Hall–Kier alpha value is -2.98. The van der Waals surface area contributed by atoms with E-state index in [4.69, 9.17) is 4.74 Å². The van der Waals surface area contributed by atoms with Crippen LogP contribution >= 0.6 is 0 Å². The van der Waals surface area contributed by atoms with E-state index in [1.165, 1.54) is 25.2 Å².